The quantitative estimate of drug-likeness (QED) is 0.404. The summed E-state index contributed by atoms with van der Waals surface area (Å²) in [6, 6.07) is 6.02. The number of carbonyl (C=O) groups excluding carboxylic acids is 2. The lowest BCUT2D eigenvalue weighted by molar-refractivity contribution is -0.123. The highest BCUT2D eigenvalue weighted by Crippen LogP contribution is 2.11. The second-order valence-electron chi connectivity index (χ2n) is 3.76. The third-order valence-corrected chi connectivity index (χ3v) is 3.26. The number of carbonyl (C=O) groups is 2. The molecule has 0 heterocycles. The van der Waals surface area contributed by atoms with E-state index in [-0.39, 0.29) is 11.7 Å². The Hall–Kier alpha value is -1.14. The molecule has 1 aromatic carbocycles. The van der Waals surface area contributed by atoms with Crippen LogP contribution in [-0.2, 0) is 16.0 Å². The minimum absolute atomic E-state index is 0.160. The van der Waals surface area contributed by atoms with Crippen LogP contribution in [0.15, 0.2) is 24.3 Å². The smallest absolute Gasteiger partial charge is 0.221 e. The lowest BCUT2D eigenvalue weighted by Crippen LogP contribution is -2.37. The van der Waals surface area contributed by atoms with Gasteiger partial charge < -0.3 is 15.2 Å². The van der Waals surface area contributed by atoms with Gasteiger partial charge in [-0.3, -0.25) is 4.79 Å². The molecule has 6 heteroatoms. The molecule has 0 aliphatic rings. The summed E-state index contributed by atoms with van der Waals surface area (Å²) in [6.45, 7) is 0. The van der Waals surface area contributed by atoms with Crippen LogP contribution < -0.4 is 5.32 Å². The Kier molecular flexibility index (Phi) is 6.67. The number of aromatic hydroxyl groups is 1. The van der Waals surface area contributed by atoms with Gasteiger partial charge in [-0.15, -0.1) is 11.7 Å². The van der Waals surface area contributed by atoms with Gasteiger partial charge in [0.1, 0.15) is 12.0 Å². The van der Waals surface area contributed by atoms with Crippen LogP contribution in [0.5, 0.6) is 5.75 Å². The first-order chi connectivity index (χ1) is 8.65. The average molecular weight is 285 g/mol. The zero-order valence-corrected chi connectivity index (χ0v) is 11.4. The summed E-state index contributed by atoms with van der Waals surface area (Å²) in [6.07, 6.45) is 1.48. The van der Waals surface area contributed by atoms with Gasteiger partial charge in [-0.1, -0.05) is 22.9 Å². The molecule has 0 aromatic heterocycles. The van der Waals surface area contributed by atoms with E-state index in [2.05, 4.69) is 17.0 Å². The van der Waals surface area contributed by atoms with Crippen molar-refractivity contribution in [2.45, 2.75) is 18.9 Å². The number of hydrogen-bond acceptors (Lipinski definition) is 5. The molecule has 0 saturated heterocycles. The molecular formula is C12H15NO3S2. The Labute approximate surface area is 115 Å². The van der Waals surface area contributed by atoms with Crippen LogP contribution in [0.2, 0.25) is 0 Å². The number of phenolic OH excluding ortho intramolecular Hbond substituents is 1. The van der Waals surface area contributed by atoms with E-state index in [1.165, 1.54) is 10.8 Å². The van der Waals surface area contributed by atoms with Crippen molar-refractivity contribution in [1.29, 1.82) is 0 Å². The second-order valence-corrected chi connectivity index (χ2v) is 5.20. The van der Waals surface area contributed by atoms with E-state index in [0.29, 0.717) is 18.6 Å². The summed E-state index contributed by atoms with van der Waals surface area (Å²) in [5, 5.41) is 11.8. The number of thiol groups is 1. The van der Waals surface area contributed by atoms with E-state index in [4.69, 9.17) is 5.11 Å². The third-order valence-electron chi connectivity index (χ3n) is 2.32. The normalized spacial score (nSPS) is 11.8. The summed E-state index contributed by atoms with van der Waals surface area (Å²) in [5.41, 5.74) is 0.883. The van der Waals surface area contributed by atoms with Crippen LogP contribution >= 0.6 is 22.5 Å². The SMILES string of the molecule is O=CC(Cc1ccc(O)cc1)NC(=O)CCSS. The molecule has 0 bridgehead atoms. The van der Waals surface area contributed by atoms with Gasteiger partial charge in [0.2, 0.25) is 5.91 Å². The minimum atomic E-state index is -0.535. The molecule has 0 spiro atoms. The highest BCUT2D eigenvalue weighted by Gasteiger charge is 2.11. The van der Waals surface area contributed by atoms with Crippen LogP contribution in [0.25, 0.3) is 0 Å². The van der Waals surface area contributed by atoms with E-state index in [1.54, 1.807) is 24.3 Å². The van der Waals surface area contributed by atoms with E-state index >= 15 is 0 Å². The number of phenols is 1. The van der Waals surface area contributed by atoms with E-state index in [9.17, 15) is 9.59 Å². The number of nitrogens with one attached hydrogen (secondary N) is 1. The van der Waals surface area contributed by atoms with Crippen molar-refractivity contribution in [3.05, 3.63) is 29.8 Å². The first-order valence-corrected chi connectivity index (χ1v) is 7.48. The van der Waals surface area contributed by atoms with Crippen LogP contribution in [0.4, 0.5) is 0 Å². The van der Waals surface area contributed by atoms with Crippen LogP contribution in [-0.4, -0.2) is 29.1 Å². The molecule has 0 radical (unpaired) electrons. The molecule has 1 rings (SSSR count). The first kappa shape index (κ1) is 14.9. The zero-order chi connectivity index (χ0) is 13.4. The van der Waals surface area contributed by atoms with Crippen molar-refractivity contribution in [3.63, 3.8) is 0 Å². The molecule has 1 aromatic rings. The van der Waals surface area contributed by atoms with Crippen molar-refractivity contribution in [1.82, 2.24) is 5.32 Å². The third kappa shape index (κ3) is 5.46. The van der Waals surface area contributed by atoms with Gasteiger partial charge in [-0.25, -0.2) is 0 Å². The predicted molar refractivity (Wildman–Crippen MR) is 75.9 cm³/mol. The van der Waals surface area contributed by atoms with Crippen molar-refractivity contribution in [2.75, 3.05) is 5.75 Å². The van der Waals surface area contributed by atoms with E-state index in [1.807, 2.05) is 0 Å². The first-order valence-electron chi connectivity index (χ1n) is 5.44. The Morgan fingerprint density at radius 3 is 2.67 bits per heavy atom. The fraction of sp³-hybridized carbons (Fsp3) is 0.333. The summed E-state index contributed by atoms with van der Waals surface area (Å²) in [5.74, 6) is 0.628. The summed E-state index contributed by atoms with van der Waals surface area (Å²) >= 11 is 3.94. The largest absolute Gasteiger partial charge is 0.508 e. The van der Waals surface area contributed by atoms with Crippen LogP contribution in [0.3, 0.4) is 0 Å². The number of amides is 1. The fourth-order valence-electron chi connectivity index (χ4n) is 1.44. The molecule has 2 N–H and O–H groups in total. The topological polar surface area (TPSA) is 66.4 Å². The zero-order valence-electron chi connectivity index (χ0n) is 9.70. The van der Waals surface area contributed by atoms with Gasteiger partial charge in [0.05, 0.1) is 6.04 Å². The Morgan fingerprint density at radius 1 is 1.44 bits per heavy atom. The number of benzene rings is 1. The van der Waals surface area contributed by atoms with Gasteiger partial charge >= 0.3 is 0 Å². The summed E-state index contributed by atoms with van der Waals surface area (Å²) in [7, 11) is 1.29. The molecule has 1 atom stereocenters. The van der Waals surface area contributed by atoms with Crippen LogP contribution in [0, 0.1) is 0 Å². The molecule has 1 amide bonds. The molecule has 98 valence electrons. The van der Waals surface area contributed by atoms with Crippen molar-refractivity contribution >= 4 is 34.6 Å². The fourth-order valence-corrected chi connectivity index (χ4v) is 1.99. The maximum absolute atomic E-state index is 11.5. The van der Waals surface area contributed by atoms with Crippen molar-refractivity contribution in [2.24, 2.45) is 0 Å². The highest BCUT2D eigenvalue weighted by molar-refractivity contribution is 8.68. The number of aldehydes is 1. The molecule has 18 heavy (non-hydrogen) atoms. The molecule has 0 saturated carbocycles. The lowest BCUT2D eigenvalue weighted by Gasteiger charge is -2.12. The summed E-state index contributed by atoms with van der Waals surface area (Å²) < 4.78 is 0. The Bertz CT molecular complexity index is 395. The molecule has 0 aliphatic heterocycles. The standard InChI is InChI=1S/C12H15NO3S2/c14-8-10(13-12(16)5-6-18-17)7-9-1-3-11(15)4-2-9/h1-4,8,10,15,17H,5-7H2,(H,13,16). The maximum Gasteiger partial charge on any atom is 0.221 e. The average Bonchev–Trinajstić information content (AvgIpc) is 2.38. The summed E-state index contributed by atoms with van der Waals surface area (Å²) in [4.78, 5) is 22.4. The van der Waals surface area contributed by atoms with E-state index in [0.717, 1.165) is 11.8 Å². The second kappa shape index (κ2) is 8.05. The molecule has 4 nitrogen and oxygen atoms in total. The Morgan fingerprint density at radius 2 is 2.11 bits per heavy atom. The van der Waals surface area contributed by atoms with Gasteiger partial charge in [0, 0.05) is 12.2 Å². The lowest BCUT2D eigenvalue weighted by atomic mass is 10.1. The highest BCUT2D eigenvalue weighted by atomic mass is 33.1. The molecule has 0 aliphatic carbocycles. The van der Waals surface area contributed by atoms with Crippen molar-refractivity contribution < 1.29 is 14.7 Å². The predicted octanol–water partition coefficient (Wildman–Crippen LogP) is 1.59. The number of rotatable bonds is 7. The monoisotopic (exact) mass is 285 g/mol. The molecule has 1 unspecified atom stereocenters. The van der Waals surface area contributed by atoms with Gasteiger partial charge in [0.25, 0.3) is 0 Å². The Balaban J connectivity index is 2.49. The van der Waals surface area contributed by atoms with Gasteiger partial charge in [-0.05, 0) is 24.1 Å². The van der Waals surface area contributed by atoms with Crippen molar-refractivity contribution in [3.8, 4) is 5.75 Å². The van der Waals surface area contributed by atoms with Gasteiger partial charge in [0.15, 0.2) is 0 Å². The number of hydrogen-bond donors (Lipinski definition) is 3. The maximum atomic E-state index is 11.5. The molecular weight excluding hydrogens is 270 g/mol. The van der Waals surface area contributed by atoms with E-state index < -0.39 is 6.04 Å². The minimum Gasteiger partial charge on any atom is -0.508 e. The molecule has 0 fully saturated rings. The van der Waals surface area contributed by atoms with Gasteiger partial charge in [-0.2, -0.15) is 0 Å². The van der Waals surface area contributed by atoms with Crippen LogP contribution in [0.1, 0.15) is 12.0 Å².